The number of benzene rings is 1. The van der Waals surface area contributed by atoms with Crippen LogP contribution in [0.5, 0.6) is 0 Å². The molecule has 0 aromatic heterocycles. The van der Waals surface area contributed by atoms with Crippen LogP contribution in [-0.2, 0) is 17.6 Å². The molecule has 0 unspecified atom stereocenters. The van der Waals surface area contributed by atoms with E-state index in [1.54, 1.807) is 13.0 Å². The van der Waals surface area contributed by atoms with Gasteiger partial charge in [0.2, 0.25) is 0 Å². The van der Waals surface area contributed by atoms with Gasteiger partial charge < -0.3 is 5.11 Å². The van der Waals surface area contributed by atoms with Crippen molar-refractivity contribution in [2.24, 2.45) is 0 Å². The number of alkyl halides is 3. The Morgan fingerprint density at radius 1 is 1.31 bits per heavy atom. The summed E-state index contributed by atoms with van der Waals surface area (Å²) in [5.74, 6) is -1.13. The zero-order valence-corrected chi connectivity index (χ0v) is 8.64. The van der Waals surface area contributed by atoms with E-state index in [0.717, 1.165) is 5.56 Å². The van der Waals surface area contributed by atoms with E-state index in [2.05, 4.69) is 0 Å². The summed E-state index contributed by atoms with van der Waals surface area (Å²) < 4.78 is 36.6. The summed E-state index contributed by atoms with van der Waals surface area (Å²) >= 11 is 0. The predicted molar refractivity (Wildman–Crippen MR) is 52.3 cm³/mol. The van der Waals surface area contributed by atoms with E-state index >= 15 is 0 Å². The molecular formula is C11H11F3O2. The van der Waals surface area contributed by atoms with Crippen molar-refractivity contribution in [1.82, 2.24) is 0 Å². The van der Waals surface area contributed by atoms with Gasteiger partial charge in [-0.25, -0.2) is 0 Å². The molecule has 0 aliphatic heterocycles. The fourth-order valence-electron chi connectivity index (χ4n) is 1.47. The second kappa shape index (κ2) is 4.55. The molecule has 2 nitrogen and oxygen atoms in total. The molecular weight excluding hydrogens is 221 g/mol. The maximum Gasteiger partial charge on any atom is 0.393 e. The molecule has 16 heavy (non-hydrogen) atoms. The molecule has 0 heterocycles. The van der Waals surface area contributed by atoms with Gasteiger partial charge in [0.15, 0.2) is 0 Å². The van der Waals surface area contributed by atoms with Gasteiger partial charge in [-0.3, -0.25) is 4.79 Å². The van der Waals surface area contributed by atoms with Gasteiger partial charge in [0, 0.05) is 0 Å². The summed E-state index contributed by atoms with van der Waals surface area (Å²) in [6.07, 6.45) is -5.79. The van der Waals surface area contributed by atoms with Gasteiger partial charge in [-0.05, 0) is 18.1 Å². The monoisotopic (exact) mass is 232 g/mol. The Morgan fingerprint density at radius 3 is 2.44 bits per heavy atom. The number of carboxylic acid groups (broad SMARTS) is 1. The Labute approximate surface area is 90.7 Å². The molecule has 0 saturated carbocycles. The summed E-state index contributed by atoms with van der Waals surface area (Å²) in [4.78, 5) is 10.5. The molecule has 0 fully saturated rings. The lowest BCUT2D eigenvalue weighted by molar-refractivity contribution is -0.136. The van der Waals surface area contributed by atoms with Crippen LogP contribution in [-0.4, -0.2) is 17.3 Å². The highest BCUT2D eigenvalue weighted by Gasteiger charge is 2.28. The fourth-order valence-corrected chi connectivity index (χ4v) is 1.47. The third kappa shape index (κ3) is 3.92. The summed E-state index contributed by atoms with van der Waals surface area (Å²) in [6.45, 7) is 1.71. The number of rotatable bonds is 3. The van der Waals surface area contributed by atoms with E-state index in [4.69, 9.17) is 5.11 Å². The van der Waals surface area contributed by atoms with Crippen molar-refractivity contribution < 1.29 is 23.1 Å². The van der Waals surface area contributed by atoms with Crippen molar-refractivity contribution in [2.75, 3.05) is 0 Å². The first kappa shape index (κ1) is 12.5. The average molecular weight is 232 g/mol. The third-order valence-corrected chi connectivity index (χ3v) is 2.09. The van der Waals surface area contributed by atoms with Crippen LogP contribution in [0.25, 0.3) is 0 Å². The van der Waals surface area contributed by atoms with Crippen molar-refractivity contribution >= 4 is 5.97 Å². The number of carbonyl (C=O) groups is 1. The van der Waals surface area contributed by atoms with E-state index in [1.165, 1.54) is 12.1 Å². The molecule has 0 aliphatic rings. The van der Waals surface area contributed by atoms with Crippen molar-refractivity contribution in [2.45, 2.75) is 25.9 Å². The highest BCUT2D eigenvalue weighted by atomic mass is 19.4. The van der Waals surface area contributed by atoms with E-state index in [0.29, 0.717) is 0 Å². The highest BCUT2D eigenvalue weighted by molar-refractivity contribution is 5.70. The second-order valence-electron chi connectivity index (χ2n) is 3.63. The summed E-state index contributed by atoms with van der Waals surface area (Å²) in [5, 5.41) is 8.60. The van der Waals surface area contributed by atoms with Gasteiger partial charge in [0.05, 0.1) is 12.8 Å². The first-order valence-electron chi connectivity index (χ1n) is 4.65. The van der Waals surface area contributed by atoms with Crippen molar-refractivity contribution in [3.63, 3.8) is 0 Å². The minimum atomic E-state index is -4.32. The molecule has 0 spiro atoms. The maximum atomic E-state index is 12.2. The van der Waals surface area contributed by atoms with E-state index < -0.39 is 18.6 Å². The molecule has 1 rings (SSSR count). The molecule has 1 N–H and O–H groups in total. The number of hydrogen-bond acceptors (Lipinski definition) is 1. The predicted octanol–water partition coefficient (Wildman–Crippen LogP) is 2.73. The van der Waals surface area contributed by atoms with E-state index in [-0.39, 0.29) is 17.5 Å². The van der Waals surface area contributed by atoms with E-state index in [9.17, 15) is 18.0 Å². The van der Waals surface area contributed by atoms with Crippen LogP contribution >= 0.6 is 0 Å². The number of aliphatic carboxylic acids is 1. The zero-order valence-electron chi connectivity index (χ0n) is 8.64. The first-order chi connectivity index (χ1) is 7.28. The number of aryl methyl sites for hydroxylation is 1. The lowest BCUT2D eigenvalue weighted by atomic mass is 9.99. The van der Waals surface area contributed by atoms with Crippen LogP contribution in [0.2, 0.25) is 0 Å². The van der Waals surface area contributed by atoms with Crippen LogP contribution in [0.1, 0.15) is 16.7 Å². The quantitative estimate of drug-likeness (QED) is 0.869. The lowest BCUT2D eigenvalue weighted by Crippen LogP contribution is -2.14. The topological polar surface area (TPSA) is 37.3 Å². The van der Waals surface area contributed by atoms with Gasteiger partial charge in [-0.2, -0.15) is 13.2 Å². The second-order valence-corrected chi connectivity index (χ2v) is 3.63. The molecule has 0 radical (unpaired) electrons. The van der Waals surface area contributed by atoms with Crippen molar-refractivity contribution in [1.29, 1.82) is 0 Å². The summed E-state index contributed by atoms with van der Waals surface area (Å²) in [7, 11) is 0. The molecule has 0 amide bonds. The molecule has 0 bridgehead atoms. The Hall–Kier alpha value is -1.52. The third-order valence-electron chi connectivity index (χ3n) is 2.09. The minimum absolute atomic E-state index is 0.0282. The largest absolute Gasteiger partial charge is 0.481 e. The summed E-state index contributed by atoms with van der Waals surface area (Å²) in [5.41, 5.74) is 1.01. The van der Waals surface area contributed by atoms with Crippen LogP contribution in [0.4, 0.5) is 13.2 Å². The number of hydrogen-bond donors (Lipinski definition) is 1. The molecule has 0 saturated heterocycles. The van der Waals surface area contributed by atoms with Crippen molar-refractivity contribution in [3.8, 4) is 0 Å². The Bertz CT molecular complexity index is 397. The zero-order chi connectivity index (χ0) is 12.3. The maximum absolute atomic E-state index is 12.2. The van der Waals surface area contributed by atoms with Crippen molar-refractivity contribution in [3.05, 3.63) is 34.9 Å². The van der Waals surface area contributed by atoms with Gasteiger partial charge >= 0.3 is 12.1 Å². The first-order valence-corrected chi connectivity index (χ1v) is 4.65. The SMILES string of the molecule is Cc1ccc(CC(F)(F)F)c(CC(=O)O)c1. The smallest absolute Gasteiger partial charge is 0.393 e. The lowest BCUT2D eigenvalue weighted by Gasteiger charge is -2.11. The Kier molecular flexibility index (Phi) is 3.57. The molecule has 5 heteroatoms. The average Bonchev–Trinajstić information content (AvgIpc) is 2.06. The molecule has 0 atom stereocenters. The molecule has 0 aliphatic carbocycles. The van der Waals surface area contributed by atoms with Crippen LogP contribution in [0.3, 0.4) is 0 Å². The number of carboxylic acids is 1. The van der Waals surface area contributed by atoms with Gasteiger partial charge in [0.25, 0.3) is 0 Å². The molecule has 1 aromatic carbocycles. The fraction of sp³-hybridized carbons (Fsp3) is 0.364. The highest BCUT2D eigenvalue weighted by Crippen LogP contribution is 2.24. The minimum Gasteiger partial charge on any atom is -0.481 e. The molecule has 88 valence electrons. The van der Waals surface area contributed by atoms with Gasteiger partial charge in [-0.1, -0.05) is 23.8 Å². The standard InChI is InChI=1S/C11H11F3O2/c1-7-2-3-8(6-11(12,13)14)9(4-7)5-10(15)16/h2-4H,5-6H2,1H3,(H,15,16). The van der Waals surface area contributed by atoms with Crippen LogP contribution < -0.4 is 0 Å². The molecule has 1 aromatic rings. The van der Waals surface area contributed by atoms with Crippen LogP contribution in [0, 0.1) is 6.92 Å². The van der Waals surface area contributed by atoms with Gasteiger partial charge in [0.1, 0.15) is 0 Å². The van der Waals surface area contributed by atoms with Crippen LogP contribution in [0.15, 0.2) is 18.2 Å². The number of halogens is 3. The Balaban J connectivity index is 3.02. The van der Waals surface area contributed by atoms with E-state index in [1.807, 2.05) is 0 Å². The van der Waals surface area contributed by atoms with Gasteiger partial charge in [-0.15, -0.1) is 0 Å². The normalized spacial score (nSPS) is 11.5. The Morgan fingerprint density at radius 2 is 1.94 bits per heavy atom. The summed E-state index contributed by atoms with van der Waals surface area (Å²) in [6, 6.07) is 4.36.